The van der Waals surface area contributed by atoms with Crippen LogP contribution in [0.15, 0.2) is 158 Å². The highest BCUT2D eigenvalue weighted by atomic mass is 32.1. The molecule has 8 rings (SSSR count). The molecule has 4 nitrogen and oxygen atoms in total. The summed E-state index contributed by atoms with van der Waals surface area (Å²) in [6.45, 7) is 0. The molecule has 4 aromatic heterocycles. The standard InChI is InChI=1S/C38H26N2O2P2S3/c41-43(27-13-5-1-6-14-27,28-15-7-2-8-16-28)35-23-21-33(45-35)37-31-25-39-40-26-32(31)38(47-37)34-22-24-36(46-34)44(42,29-17-9-3-10-18-29)30-19-11-4-12-20-30/h1-26H. The van der Waals surface area contributed by atoms with E-state index in [1.165, 1.54) is 0 Å². The Bertz CT molecular complexity index is 2170. The summed E-state index contributed by atoms with van der Waals surface area (Å²) >= 11 is 4.81. The lowest BCUT2D eigenvalue weighted by molar-refractivity contribution is 0.592. The molecule has 0 bridgehead atoms. The Balaban J connectivity index is 1.25. The van der Waals surface area contributed by atoms with Crippen molar-refractivity contribution < 1.29 is 9.13 Å². The summed E-state index contributed by atoms with van der Waals surface area (Å²) in [5.74, 6) is 0. The number of fused-ring (bicyclic) bond motifs is 1. The van der Waals surface area contributed by atoms with Gasteiger partial charge in [-0.25, -0.2) is 0 Å². The molecular formula is C38H26N2O2P2S3. The minimum absolute atomic E-state index is 0.814. The molecule has 0 N–H and O–H groups in total. The van der Waals surface area contributed by atoms with Crippen LogP contribution in [0.4, 0.5) is 0 Å². The van der Waals surface area contributed by atoms with Crippen LogP contribution < -0.4 is 30.5 Å². The molecule has 0 fully saturated rings. The van der Waals surface area contributed by atoms with Crippen molar-refractivity contribution in [2.45, 2.75) is 0 Å². The van der Waals surface area contributed by atoms with Crippen molar-refractivity contribution in [3.63, 3.8) is 0 Å². The van der Waals surface area contributed by atoms with Gasteiger partial charge in [0.1, 0.15) is 0 Å². The SMILES string of the molecule is O=P(c1ccccc1)(c1ccccc1)c1ccc(-c2sc(-c3ccc(P(=O)(c4ccccc4)c4ccccc4)s3)c3cnncc23)s1. The van der Waals surface area contributed by atoms with Gasteiger partial charge in [-0.2, -0.15) is 10.2 Å². The van der Waals surface area contributed by atoms with Gasteiger partial charge in [0.15, 0.2) is 14.3 Å². The number of benzene rings is 4. The van der Waals surface area contributed by atoms with E-state index in [9.17, 15) is 0 Å². The van der Waals surface area contributed by atoms with E-state index in [1.807, 2.05) is 146 Å². The van der Waals surface area contributed by atoms with Crippen molar-refractivity contribution in [1.29, 1.82) is 0 Å². The number of aromatic nitrogens is 2. The van der Waals surface area contributed by atoms with Crippen molar-refractivity contribution in [2.24, 2.45) is 0 Å². The van der Waals surface area contributed by atoms with Crippen LogP contribution in [0.2, 0.25) is 0 Å². The van der Waals surface area contributed by atoms with Crippen molar-refractivity contribution in [3.05, 3.63) is 158 Å². The number of hydrogen-bond acceptors (Lipinski definition) is 7. The largest absolute Gasteiger partial charge is 0.308 e. The number of thiophene rings is 3. The van der Waals surface area contributed by atoms with Gasteiger partial charge in [-0.15, -0.1) is 34.0 Å². The highest BCUT2D eigenvalue weighted by Gasteiger charge is 2.33. The second-order valence-corrected chi connectivity index (χ2v) is 20.2. The fraction of sp³-hybridized carbons (Fsp3) is 0. The summed E-state index contributed by atoms with van der Waals surface area (Å²) < 4.78 is 31.8. The predicted molar refractivity (Wildman–Crippen MR) is 203 cm³/mol. The summed E-state index contributed by atoms with van der Waals surface area (Å²) in [4.78, 5) is 4.16. The molecule has 0 spiro atoms. The summed E-state index contributed by atoms with van der Waals surface area (Å²) in [5, 5.41) is 13.7. The summed E-state index contributed by atoms with van der Waals surface area (Å²) in [7, 11) is -6.19. The normalized spacial score (nSPS) is 12.0. The van der Waals surface area contributed by atoms with Crippen molar-refractivity contribution in [3.8, 4) is 19.5 Å². The molecule has 0 unspecified atom stereocenters. The van der Waals surface area contributed by atoms with Crippen LogP contribution in [0, 0.1) is 0 Å². The molecule has 8 aromatic rings. The van der Waals surface area contributed by atoms with Crippen molar-refractivity contribution in [2.75, 3.05) is 0 Å². The van der Waals surface area contributed by atoms with E-state index in [-0.39, 0.29) is 0 Å². The lowest BCUT2D eigenvalue weighted by Crippen LogP contribution is -2.22. The summed E-state index contributed by atoms with van der Waals surface area (Å²) in [5.41, 5.74) is 0. The lowest BCUT2D eigenvalue weighted by Gasteiger charge is -2.17. The van der Waals surface area contributed by atoms with E-state index >= 15 is 9.13 Å². The first-order valence-corrected chi connectivity index (χ1v) is 20.8. The average Bonchev–Trinajstić information content (AvgIpc) is 3.92. The zero-order chi connectivity index (χ0) is 31.8. The molecule has 9 heteroatoms. The van der Waals surface area contributed by atoms with Crippen LogP contribution >= 0.6 is 48.3 Å². The Labute approximate surface area is 284 Å². The highest BCUT2D eigenvalue weighted by Crippen LogP contribution is 2.51. The molecule has 0 saturated heterocycles. The molecule has 47 heavy (non-hydrogen) atoms. The topological polar surface area (TPSA) is 59.9 Å². The zero-order valence-electron chi connectivity index (χ0n) is 24.8. The van der Waals surface area contributed by atoms with Gasteiger partial charge in [0.2, 0.25) is 0 Å². The van der Waals surface area contributed by atoms with E-state index in [1.54, 1.807) is 34.0 Å². The lowest BCUT2D eigenvalue weighted by atomic mass is 10.2. The van der Waals surface area contributed by atoms with Gasteiger partial charge < -0.3 is 9.13 Å². The van der Waals surface area contributed by atoms with Gasteiger partial charge >= 0.3 is 0 Å². The van der Waals surface area contributed by atoms with Gasteiger partial charge in [-0.3, -0.25) is 0 Å². The minimum atomic E-state index is -3.10. The molecule has 0 radical (unpaired) electrons. The second-order valence-electron chi connectivity index (χ2n) is 10.9. The molecule has 0 amide bonds. The Morgan fingerprint density at radius 1 is 0.383 bits per heavy atom. The Hall–Kier alpha value is -4.22. The minimum Gasteiger partial charge on any atom is -0.308 e. The third kappa shape index (κ3) is 5.20. The first kappa shape index (κ1) is 30.1. The number of hydrogen-bond donors (Lipinski definition) is 0. The van der Waals surface area contributed by atoms with E-state index in [2.05, 4.69) is 22.3 Å². The molecule has 0 saturated carbocycles. The molecule has 4 aromatic carbocycles. The first-order chi connectivity index (χ1) is 23.1. The van der Waals surface area contributed by atoms with Gasteiger partial charge in [0.25, 0.3) is 0 Å². The third-order valence-electron chi connectivity index (χ3n) is 8.16. The molecule has 0 atom stereocenters. The fourth-order valence-electron chi connectivity index (χ4n) is 5.86. The Kier molecular flexibility index (Phi) is 7.97. The van der Waals surface area contributed by atoms with E-state index < -0.39 is 14.3 Å². The summed E-state index contributed by atoms with van der Waals surface area (Å²) in [6, 6.07) is 47.2. The fourth-order valence-corrected chi connectivity index (χ4v) is 16.3. The van der Waals surface area contributed by atoms with Crippen LogP contribution in [0.5, 0.6) is 0 Å². The van der Waals surface area contributed by atoms with Gasteiger partial charge in [0, 0.05) is 41.7 Å². The molecule has 0 aliphatic heterocycles. The van der Waals surface area contributed by atoms with E-state index in [0.717, 1.165) is 60.7 Å². The van der Waals surface area contributed by atoms with Crippen LogP contribution in [0.1, 0.15) is 0 Å². The predicted octanol–water partition coefficient (Wildman–Crippen LogP) is 8.43. The molecular weight excluding hydrogens is 675 g/mol. The maximum Gasteiger partial charge on any atom is 0.180 e. The molecule has 0 aliphatic rings. The number of nitrogens with zero attached hydrogens (tertiary/aromatic N) is 2. The monoisotopic (exact) mass is 700 g/mol. The van der Waals surface area contributed by atoms with E-state index in [4.69, 9.17) is 0 Å². The second kappa shape index (κ2) is 12.4. The van der Waals surface area contributed by atoms with Crippen molar-refractivity contribution >= 4 is 89.5 Å². The summed E-state index contributed by atoms with van der Waals surface area (Å²) in [6.07, 6.45) is 3.62. The molecule has 228 valence electrons. The van der Waals surface area contributed by atoms with Gasteiger partial charge in [0.05, 0.1) is 31.4 Å². The van der Waals surface area contributed by atoms with Crippen molar-refractivity contribution in [1.82, 2.24) is 10.2 Å². The Morgan fingerprint density at radius 3 is 1.02 bits per heavy atom. The van der Waals surface area contributed by atoms with Gasteiger partial charge in [-0.05, 0) is 24.3 Å². The molecule has 4 heterocycles. The van der Waals surface area contributed by atoms with Gasteiger partial charge in [-0.1, -0.05) is 121 Å². The van der Waals surface area contributed by atoms with Crippen LogP contribution in [0.3, 0.4) is 0 Å². The quantitative estimate of drug-likeness (QED) is 0.149. The third-order valence-corrected chi connectivity index (χ3v) is 19.2. The smallest absolute Gasteiger partial charge is 0.180 e. The number of rotatable bonds is 8. The Morgan fingerprint density at radius 2 is 0.702 bits per heavy atom. The van der Waals surface area contributed by atoms with Crippen LogP contribution in [-0.2, 0) is 9.13 Å². The van der Waals surface area contributed by atoms with Crippen LogP contribution in [0.25, 0.3) is 30.3 Å². The first-order valence-electron chi connectivity index (χ1n) is 14.9. The average molecular weight is 701 g/mol. The van der Waals surface area contributed by atoms with Crippen LogP contribution in [-0.4, -0.2) is 10.2 Å². The highest BCUT2D eigenvalue weighted by molar-refractivity contribution is 7.89. The molecule has 0 aliphatic carbocycles. The maximum absolute atomic E-state index is 15.1. The maximum atomic E-state index is 15.1. The zero-order valence-corrected chi connectivity index (χ0v) is 29.1. The van der Waals surface area contributed by atoms with E-state index in [0.29, 0.717) is 0 Å².